The van der Waals surface area contributed by atoms with E-state index < -0.39 is 0 Å². The zero-order valence-electron chi connectivity index (χ0n) is 16.9. The number of halogens is 2. The van der Waals surface area contributed by atoms with Gasteiger partial charge in [0.2, 0.25) is 0 Å². The molecule has 28 heavy (non-hydrogen) atoms. The predicted octanol–water partition coefficient (Wildman–Crippen LogP) is 2.98. The van der Waals surface area contributed by atoms with Crippen molar-refractivity contribution in [2.24, 2.45) is 0 Å². The first kappa shape index (κ1) is 24.4. The summed E-state index contributed by atoms with van der Waals surface area (Å²) >= 11 is 0. The molecule has 1 aromatic heterocycles. The van der Waals surface area contributed by atoms with Crippen LogP contribution in [0.3, 0.4) is 0 Å². The van der Waals surface area contributed by atoms with E-state index in [2.05, 4.69) is 31.9 Å². The molecule has 1 aromatic carbocycles. The van der Waals surface area contributed by atoms with Gasteiger partial charge in [-0.05, 0) is 71.1 Å². The molecule has 0 spiro atoms. The van der Waals surface area contributed by atoms with E-state index in [0.717, 1.165) is 55.0 Å². The predicted molar refractivity (Wildman–Crippen MR) is 117 cm³/mol. The van der Waals surface area contributed by atoms with Gasteiger partial charge in [0, 0.05) is 12.2 Å². The molecule has 2 aromatic rings. The number of aryl methyl sites for hydroxylation is 1. The summed E-state index contributed by atoms with van der Waals surface area (Å²) in [4.78, 5) is 14.9. The lowest BCUT2D eigenvalue weighted by Crippen LogP contribution is -2.30. The van der Waals surface area contributed by atoms with Gasteiger partial charge in [0.1, 0.15) is 0 Å². The number of carbonyl (C=O) groups is 1. The molecule has 2 N–H and O–H groups in total. The highest BCUT2D eigenvalue weighted by Crippen LogP contribution is 2.22. The lowest BCUT2D eigenvalue weighted by molar-refractivity contribution is 0.102. The van der Waals surface area contributed by atoms with Gasteiger partial charge >= 0.3 is 0 Å². The molecule has 2 heterocycles. The van der Waals surface area contributed by atoms with Crippen molar-refractivity contribution in [3.05, 3.63) is 40.7 Å². The molecule has 3 rings (SSSR count). The van der Waals surface area contributed by atoms with Crippen LogP contribution in [0.1, 0.15) is 46.2 Å². The maximum atomic E-state index is 12.8. The number of nitrogens with zero attached hydrogens (tertiary/aromatic N) is 4. The van der Waals surface area contributed by atoms with E-state index in [-0.39, 0.29) is 30.7 Å². The summed E-state index contributed by atoms with van der Waals surface area (Å²) in [6, 6.07) is 6.46. The van der Waals surface area contributed by atoms with Crippen molar-refractivity contribution in [3.63, 3.8) is 0 Å². The number of benzene rings is 1. The molecular weight excluding hydrogens is 399 g/mol. The topological polar surface area (TPSA) is 75.1 Å². The van der Waals surface area contributed by atoms with Gasteiger partial charge in [-0.2, -0.15) is 0 Å². The van der Waals surface area contributed by atoms with Gasteiger partial charge in [-0.15, -0.1) is 29.9 Å². The van der Waals surface area contributed by atoms with Gasteiger partial charge in [0.25, 0.3) is 5.91 Å². The van der Waals surface area contributed by atoms with Gasteiger partial charge in [0.15, 0.2) is 5.69 Å². The van der Waals surface area contributed by atoms with Crippen LogP contribution in [-0.2, 0) is 6.54 Å². The van der Waals surface area contributed by atoms with Crippen LogP contribution in [0.2, 0.25) is 0 Å². The largest absolute Gasteiger partial charge is 0.320 e. The molecule has 9 heteroatoms. The highest BCUT2D eigenvalue weighted by atomic mass is 35.5. The van der Waals surface area contributed by atoms with Crippen LogP contribution in [0.5, 0.6) is 0 Å². The molecule has 1 aliphatic heterocycles. The number of hydrogen-bond acceptors (Lipinski definition) is 5. The molecule has 0 unspecified atom stereocenters. The average molecular weight is 429 g/mol. The maximum absolute atomic E-state index is 12.8. The van der Waals surface area contributed by atoms with Crippen LogP contribution < -0.4 is 10.6 Å². The van der Waals surface area contributed by atoms with Crippen molar-refractivity contribution in [2.45, 2.75) is 39.3 Å². The van der Waals surface area contributed by atoms with Gasteiger partial charge in [0.05, 0.1) is 11.7 Å². The Kier molecular flexibility index (Phi) is 9.36. The normalized spacial score (nSPS) is 14.3. The average Bonchev–Trinajstić information content (AvgIpc) is 3.00. The molecule has 0 atom stereocenters. The van der Waals surface area contributed by atoms with Gasteiger partial charge in [-0.1, -0.05) is 17.3 Å². The van der Waals surface area contributed by atoms with Crippen molar-refractivity contribution < 1.29 is 4.79 Å². The molecule has 1 aliphatic rings. The van der Waals surface area contributed by atoms with Gasteiger partial charge < -0.3 is 15.5 Å². The third-order valence-corrected chi connectivity index (χ3v) is 4.85. The van der Waals surface area contributed by atoms with Crippen molar-refractivity contribution in [1.82, 2.24) is 25.2 Å². The van der Waals surface area contributed by atoms with E-state index >= 15 is 0 Å². The Bertz CT molecular complexity index is 787. The Morgan fingerprint density at radius 2 is 1.93 bits per heavy atom. The van der Waals surface area contributed by atoms with Gasteiger partial charge in [-0.3, -0.25) is 4.79 Å². The molecule has 1 fully saturated rings. The Morgan fingerprint density at radius 3 is 2.57 bits per heavy atom. The van der Waals surface area contributed by atoms with E-state index in [4.69, 9.17) is 0 Å². The Labute approximate surface area is 179 Å². The zero-order valence-corrected chi connectivity index (χ0v) is 18.5. The summed E-state index contributed by atoms with van der Waals surface area (Å²) in [6.07, 6.45) is 2.02. The number of anilines is 1. The number of amides is 1. The minimum Gasteiger partial charge on any atom is -0.320 e. The summed E-state index contributed by atoms with van der Waals surface area (Å²) in [7, 11) is 4.06. The maximum Gasteiger partial charge on any atom is 0.278 e. The molecule has 0 saturated carbocycles. The SMILES string of the molecule is Cc1ccc(CN(C)C)cc1NC(=O)c1nnn(C2CCNCC2)c1C.Cl.Cl. The van der Waals surface area contributed by atoms with Crippen LogP contribution in [0.25, 0.3) is 0 Å². The monoisotopic (exact) mass is 428 g/mol. The molecule has 7 nitrogen and oxygen atoms in total. The zero-order chi connectivity index (χ0) is 18.7. The number of rotatable bonds is 5. The highest BCUT2D eigenvalue weighted by Gasteiger charge is 2.23. The third-order valence-electron chi connectivity index (χ3n) is 4.85. The first-order chi connectivity index (χ1) is 12.5. The third kappa shape index (κ3) is 5.67. The van der Waals surface area contributed by atoms with E-state index in [0.29, 0.717) is 11.7 Å². The number of hydrogen-bond donors (Lipinski definition) is 2. The smallest absolute Gasteiger partial charge is 0.278 e. The van der Waals surface area contributed by atoms with Crippen LogP contribution in [0, 0.1) is 13.8 Å². The number of aromatic nitrogens is 3. The number of nitrogens with one attached hydrogen (secondary N) is 2. The first-order valence-electron chi connectivity index (χ1n) is 9.14. The highest BCUT2D eigenvalue weighted by molar-refractivity contribution is 6.04. The standard InChI is InChI=1S/C19H28N6O.2ClH/c1-13-5-6-15(12-24(3)4)11-17(13)21-19(26)18-14(2)25(23-22-18)16-7-9-20-10-8-16;;/h5-6,11,16,20H,7-10,12H2,1-4H3,(H,21,26);2*1H. The second kappa shape index (κ2) is 10.8. The lowest BCUT2D eigenvalue weighted by atomic mass is 10.1. The lowest BCUT2D eigenvalue weighted by Gasteiger charge is -2.23. The van der Waals surface area contributed by atoms with Crippen molar-refractivity contribution >= 4 is 36.4 Å². The summed E-state index contributed by atoms with van der Waals surface area (Å²) in [5.41, 5.74) is 4.25. The molecule has 1 saturated heterocycles. The quantitative estimate of drug-likeness (QED) is 0.765. The molecule has 0 aliphatic carbocycles. The fourth-order valence-corrected chi connectivity index (χ4v) is 3.40. The number of piperidine rings is 1. The van der Waals surface area contributed by atoms with E-state index in [1.165, 1.54) is 0 Å². The molecule has 0 bridgehead atoms. The summed E-state index contributed by atoms with van der Waals surface area (Å²) < 4.78 is 1.91. The van der Waals surface area contributed by atoms with E-state index in [1.54, 1.807) is 0 Å². The Hall–Kier alpha value is -1.67. The first-order valence-corrected chi connectivity index (χ1v) is 9.14. The summed E-state index contributed by atoms with van der Waals surface area (Å²) in [6.45, 7) is 6.70. The number of carbonyl (C=O) groups excluding carboxylic acids is 1. The summed E-state index contributed by atoms with van der Waals surface area (Å²) in [5, 5.41) is 14.8. The fraction of sp³-hybridized carbons (Fsp3) is 0.526. The van der Waals surface area contributed by atoms with Crippen LogP contribution in [0.4, 0.5) is 5.69 Å². The second-order valence-corrected chi connectivity index (χ2v) is 7.29. The summed E-state index contributed by atoms with van der Waals surface area (Å²) in [5.74, 6) is -0.201. The molecule has 156 valence electrons. The van der Waals surface area contributed by atoms with Crippen molar-refractivity contribution in [2.75, 3.05) is 32.5 Å². The molecular formula is C19H30Cl2N6O. The molecule has 0 radical (unpaired) electrons. The van der Waals surface area contributed by atoms with Crippen LogP contribution in [-0.4, -0.2) is 53.0 Å². The van der Waals surface area contributed by atoms with E-state index in [9.17, 15) is 4.79 Å². The van der Waals surface area contributed by atoms with Crippen LogP contribution in [0.15, 0.2) is 18.2 Å². The van der Waals surface area contributed by atoms with Crippen LogP contribution >= 0.6 is 24.8 Å². The van der Waals surface area contributed by atoms with Crippen molar-refractivity contribution in [1.29, 1.82) is 0 Å². The molecule has 1 amide bonds. The van der Waals surface area contributed by atoms with E-state index in [1.807, 2.05) is 44.8 Å². The van der Waals surface area contributed by atoms with Crippen molar-refractivity contribution in [3.8, 4) is 0 Å². The minimum atomic E-state index is -0.201. The Morgan fingerprint density at radius 1 is 1.25 bits per heavy atom. The van der Waals surface area contributed by atoms with Gasteiger partial charge in [-0.25, -0.2) is 4.68 Å². The Balaban J connectivity index is 0.00000196. The fourth-order valence-electron chi connectivity index (χ4n) is 3.40. The minimum absolute atomic E-state index is 0. The second-order valence-electron chi connectivity index (χ2n) is 7.29.